The largest absolute Gasteiger partial charge is 0.416 e. The van der Waals surface area contributed by atoms with Crippen molar-refractivity contribution < 1.29 is 18.0 Å². The maximum atomic E-state index is 12.9. The van der Waals surface area contributed by atoms with E-state index in [0.717, 1.165) is 12.5 Å². The van der Waals surface area contributed by atoms with Crippen molar-refractivity contribution in [3.63, 3.8) is 0 Å². The number of halogens is 3. The summed E-state index contributed by atoms with van der Waals surface area (Å²) in [5.41, 5.74) is 5.35. The molecule has 1 fully saturated rings. The van der Waals surface area contributed by atoms with Gasteiger partial charge in [0, 0.05) is 18.8 Å². The van der Waals surface area contributed by atoms with Crippen molar-refractivity contribution in [1.82, 2.24) is 0 Å². The average molecular weight is 286 g/mol. The van der Waals surface area contributed by atoms with E-state index in [-0.39, 0.29) is 11.5 Å². The number of anilines is 1. The van der Waals surface area contributed by atoms with Gasteiger partial charge in [-0.05, 0) is 37.5 Å². The first-order chi connectivity index (χ1) is 9.29. The lowest BCUT2D eigenvalue weighted by Gasteiger charge is -2.33. The Morgan fingerprint density at radius 3 is 2.70 bits per heavy atom. The molecule has 1 atom stereocenters. The van der Waals surface area contributed by atoms with Crippen molar-refractivity contribution in [3.05, 3.63) is 29.3 Å². The van der Waals surface area contributed by atoms with Gasteiger partial charge in [-0.25, -0.2) is 0 Å². The fourth-order valence-electron chi connectivity index (χ4n) is 2.56. The standard InChI is InChI=1S/C14H17F3N2O/c1-9-4-5-11(7-12(9)14(15,16)17)19-6-2-3-10(8-19)13(18)20/h4-5,7,10H,2-3,6,8H2,1H3,(H2,18,20)/t10-/m1/s1. The quantitative estimate of drug-likeness (QED) is 0.908. The highest BCUT2D eigenvalue weighted by Gasteiger charge is 2.33. The maximum Gasteiger partial charge on any atom is 0.416 e. The Kier molecular flexibility index (Phi) is 3.92. The number of hydrogen-bond acceptors (Lipinski definition) is 2. The summed E-state index contributed by atoms with van der Waals surface area (Å²) in [5.74, 6) is -0.683. The molecule has 1 aliphatic heterocycles. The van der Waals surface area contributed by atoms with Crippen molar-refractivity contribution in [3.8, 4) is 0 Å². The third-order valence-corrected chi connectivity index (χ3v) is 3.72. The zero-order valence-electron chi connectivity index (χ0n) is 11.2. The summed E-state index contributed by atoms with van der Waals surface area (Å²) in [6.45, 7) is 2.47. The van der Waals surface area contributed by atoms with Crippen molar-refractivity contribution >= 4 is 11.6 Å². The molecule has 1 saturated heterocycles. The Balaban J connectivity index is 2.27. The zero-order valence-corrected chi connectivity index (χ0v) is 11.2. The second kappa shape index (κ2) is 5.34. The maximum absolute atomic E-state index is 12.9. The molecule has 3 nitrogen and oxygen atoms in total. The zero-order chi connectivity index (χ0) is 14.9. The summed E-state index contributed by atoms with van der Waals surface area (Å²) in [6.07, 6.45) is -2.91. The molecule has 0 radical (unpaired) electrons. The fraction of sp³-hybridized carbons (Fsp3) is 0.500. The first kappa shape index (κ1) is 14.7. The van der Waals surface area contributed by atoms with E-state index in [1.165, 1.54) is 13.0 Å². The van der Waals surface area contributed by atoms with E-state index in [2.05, 4.69) is 0 Å². The number of carbonyl (C=O) groups is 1. The molecule has 0 unspecified atom stereocenters. The van der Waals surface area contributed by atoms with E-state index in [1.807, 2.05) is 0 Å². The predicted molar refractivity (Wildman–Crippen MR) is 70.3 cm³/mol. The molecule has 0 aromatic heterocycles. The fourth-order valence-corrected chi connectivity index (χ4v) is 2.56. The molecule has 1 aliphatic rings. The van der Waals surface area contributed by atoms with Crippen molar-refractivity contribution in [2.75, 3.05) is 18.0 Å². The Morgan fingerprint density at radius 2 is 2.10 bits per heavy atom. The number of nitrogens with zero attached hydrogens (tertiary/aromatic N) is 1. The molecular weight excluding hydrogens is 269 g/mol. The minimum Gasteiger partial charge on any atom is -0.371 e. The molecule has 1 aromatic carbocycles. The van der Waals surface area contributed by atoms with Gasteiger partial charge in [0.05, 0.1) is 11.5 Å². The Morgan fingerprint density at radius 1 is 1.40 bits per heavy atom. The van der Waals surface area contributed by atoms with Crippen molar-refractivity contribution in [2.45, 2.75) is 25.9 Å². The highest BCUT2D eigenvalue weighted by atomic mass is 19.4. The average Bonchev–Trinajstić information content (AvgIpc) is 2.38. The number of primary amides is 1. The summed E-state index contributed by atoms with van der Waals surface area (Å²) in [7, 11) is 0. The predicted octanol–water partition coefficient (Wildman–Crippen LogP) is 2.72. The van der Waals surface area contributed by atoms with E-state index in [0.29, 0.717) is 25.2 Å². The number of nitrogens with two attached hydrogens (primary N) is 1. The summed E-state index contributed by atoms with van der Waals surface area (Å²) < 4.78 is 38.7. The van der Waals surface area contributed by atoms with Gasteiger partial charge in [0.2, 0.25) is 5.91 Å². The van der Waals surface area contributed by atoms with E-state index in [9.17, 15) is 18.0 Å². The molecule has 110 valence electrons. The van der Waals surface area contributed by atoms with Gasteiger partial charge in [0.15, 0.2) is 0 Å². The molecule has 1 amide bonds. The first-order valence-corrected chi connectivity index (χ1v) is 6.51. The molecule has 6 heteroatoms. The van der Waals surface area contributed by atoms with E-state index >= 15 is 0 Å². The number of aryl methyl sites for hydroxylation is 1. The lowest BCUT2D eigenvalue weighted by atomic mass is 9.96. The van der Waals surface area contributed by atoms with Gasteiger partial charge in [-0.2, -0.15) is 13.2 Å². The molecule has 0 spiro atoms. The molecule has 1 aromatic rings. The van der Waals surface area contributed by atoms with E-state index < -0.39 is 17.6 Å². The molecule has 20 heavy (non-hydrogen) atoms. The van der Waals surface area contributed by atoms with Gasteiger partial charge in [-0.1, -0.05) is 6.07 Å². The van der Waals surface area contributed by atoms with E-state index in [4.69, 9.17) is 5.73 Å². The van der Waals surface area contributed by atoms with Crippen LogP contribution < -0.4 is 10.6 Å². The van der Waals surface area contributed by atoms with Crippen LogP contribution in [0.1, 0.15) is 24.0 Å². The number of alkyl halides is 3. The summed E-state index contributed by atoms with van der Waals surface area (Å²) in [4.78, 5) is 13.0. The normalized spacial score (nSPS) is 20.0. The highest BCUT2D eigenvalue weighted by molar-refractivity contribution is 5.77. The van der Waals surface area contributed by atoms with Crippen LogP contribution in [-0.2, 0) is 11.0 Å². The van der Waals surface area contributed by atoms with Crippen LogP contribution in [-0.4, -0.2) is 19.0 Å². The van der Waals surface area contributed by atoms with Gasteiger partial charge in [-0.15, -0.1) is 0 Å². The number of amides is 1. The number of benzene rings is 1. The third kappa shape index (κ3) is 3.05. The monoisotopic (exact) mass is 286 g/mol. The van der Waals surface area contributed by atoms with Crippen molar-refractivity contribution in [1.29, 1.82) is 0 Å². The summed E-state index contributed by atoms with van der Waals surface area (Å²) >= 11 is 0. The molecule has 0 bridgehead atoms. The second-order valence-corrected chi connectivity index (χ2v) is 5.18. The molecule has 2 rings (SSSR count). The van der Waals surface area contributed by atoms with Gasteiger partial charge in [0.1, 0.15) is 0 Å². The van der Waals surface area contributed by atoms with Crippen LogP contribution in [0.3, 0.4) is 0 Å². The lowest BCUT2D eigenvalue weighted by Crippen LogP contribution is -2.41. The van der Waals surface area contributed by atoms with Crippen LogP contribution in [0.4, 0.5) is 18.9 Å². The highest BCUT2D eigenvalue weighted by Crippen LogP contribution is 2.35. The smallest absolute Gasteiger partial charge is 0.371 e. The molecule has 2 N–H and O–H groups in total. The first-order valence-electron chi connectivity index (χ1n) is 6.51. The number of hydrogen-bond donors (Lipinski definition) is 1. The van der Waals surface area contributed by atoms with Gasteiger partial charge in [-0.3, -0.25) is 4.79 Å². The molecular formula is C14H17F3N2O. The third-order valence-electron chi connectivity index (χ3n) is 3.72. The topological polar surface area (TPSA) is 46.3 Å². The second-order valence-electron chi connectivity index (χ2n) is 5.18. The van der Waals surface area contributed by atoms with Gasteiger partial charge < -0.3 is 10.6 Å². The minimum atomic E-state index is -4.36. The molecule has 0 aliphatic carbocycles. The van der Waals surface area contributed by atoms with Crippen molar-refractivity contribution in [2.24, 2.45) is 11.7 Å². The molecule has 0 saturated carbocycles. The van der Waals surface area contributed by atoms with Gasteiger partial charge >= 0.3 is 6.18 Å². The van der Waals surface area contributed by atoms with Crippen LogP contribution >= 0.6 is 0 Å². The summed E-state index contributed by atoms with van der Waals surface area (Å²) in [6, 6.07) is 4.28. The lowest BCUT2D eigenvalue weighted by molar-refractivity contribution is -0.138. The Hall–Kier alpha value is -1.72. The van der Waals surface area contributed by atoms with Crippen LogP contribution in [0.5, 0.6) is 0 Å². The number of rotatable bonds is 2. The van der Waals surface area contributed by atoms with Gasteiger partial charge in [0.25, 0.3) is 0 Å². The van der Waals surface area contributed by atoms with E-state index in [1.54, 1.807) is 11.0 Å². The van der Waals surface area contributed by atoms with Crippen LogP contribution in [0.25, 0.3) is 0 Å². The van der Waals surface area contributed by atoms with Crippen LogP contribution in [0.15, 0.2) is 18.2 Å². The number of carbonyl (C=O) groups excluding carboxylic acids is 1. The Labute approximate surface area is 115 Å². The minimum absolute atomic E-state index is 0.199. The number of piperidine rings is 1. The Bertz CT molecular complexity index is 514. The summed E-state index contributed by atoms with van der Waals surface area (Å²) in [5, 5.41) is 0. The van der Waals surface area contributed by atoms with Crippen LogP contribution in [0, 0.1) is 12.8 Å². The van der Waals surface area contributed by atoms with Crippen LogP contribution in [0.2, 0.25) is 0 Å². The SMILES string of the molecule is Cc1ccc(N2CCC[C@@H](C(N)=O)C2)cc1C(F)(F)F. The molecule has 1 heterocycles.